The Kier molecular flexibility index (Phi) is 3.16. The molecule has 1 N–H and O–H groups in total. The lowest BCUT2D eigenvalue weighted by atomic mass is 9.79. The van der Waals surface area contributed by atoms with Crippen molar-refractivity contribution in [3.63, 3.8) is 0 Å². The molecule has 0 bridgehead atoms. The Bertz CT molecular complexity index is 512. The minimum atomic E-state index is -0.916. The first-order valence-electron chi connectivity index (χ1n) is 6.09. The van der Waals surface area contributed by atoms with Gasteiger partial charge >= 0.3 is 5.97 Å². The molecule has 0 unspecified atom stereocenters. The number of carboxylic acid groups (broad SMARTS) is 1. The van der Waals surface area contributed by atoms with Crippen LogP contribution in [0.2, 0.25) is 0 Å². The van der Waals surface area contributed by atoms with Crippen LogP contribution in [-0.2, 0) is 10.2 Å². The second kappa shape index (κ2) is 4.48. The van der Waals surface area contributed by atoms with E-state index >= 15 is 0 Å². The van der Waals surface area contributed by atoms with Crippen LogP contribution in [0.15, 0.2) is 24.3 Å². The molecule has 18 heavy (non-hydrogen) atoms. The molecule has 1 aliphatic rings. The molecule has 3 nitrogen and oxygen atoms in total. The van der Waals surface area contributed by atoms with E-state index in [0.29, 0.717) is 0 Å². The molecule has 1 aromatic carbocycles. The zero-order valence-electron chi connectivity index (χ0n) is 11.0. The minimum absolute atomic E-state index is 0.0765. The van der Waals surface area contributed by atoms with E-state index in [1.54, 1.807) is 0 Å². The fourth-order valence-electron chi connectivity index (χ4n) is 2.25. The highest BCUT2D eigenvalue weighted by molar-refractivity contribution is 5.89. The highest BCUT2D eigenvalue weighted by Crippen LogP contribution is 2.39. The van der Waals surface area contributed by atoms with Gasteiger partial charge in [0.25, 0.3) is 0 Å². The standard InChI is InChI=1S/C15H18O3/c1-10(8-14(16)17)11-4-5-13-12(9-11)15(2,3)6-7-18-13/h4-5,8-9H,6-7H2,1-3H3,(H,16,17). The Morgan fingerprint density at radius 1 is 1.44 bits per heavy atom. The lowest BCUT2D eigenvalue weighted by molar-refractivity contribution is -0.131. The maximum atomic E-state index is 10.7. The molecule has 0 amide bonds. The molecule has 0 radical (unpaired) electrons. The van der Waals surface area contributed by atoms with Gasteiger partial charge in [-0.25, -0.2) is 4.79 Å². The van der Waals surface area contributed by atoms with Crippen molar-refractivity contribution in [2.24, 2.45) is 0 Å². The van der Waals surface area contributed by atoms with Crippen molar-refractivity contribution in [2.45, 2.75) is 32.6 Å². The van der Waals surface area contributed by atoms with E-state index in [1.807, 2.05) is 25.1 Å². The van der Waals surface area contributed by atoms with Gasteiger partial charge in [0.1, 0.15) is 5.75 Å². The van der Waals surface area contributed by atoms with Crippen molar-refractivity contribution >= 4 is 11.5 Å². The number of fused-ring (bicyclic) bond motifs is 1. The summed E-state index contributed by atoms with van der Waals surface area (Å²) in [7, 11) is 0. The number of carbonyl (C=O) groups is 1. The monoisotopic (exact) mass is 246 g/mol. The quantitative estimate of drug-likeness (QED) is 0.815. The summed E-state index contributed by atoms with van der Waals surface area (Å²) in [5.74, 6) is -0.00106. The van der Waals surface area contributed by atoms with Gasteiger partial charge in [0, 0.05) is 11.6 Å². The Hall–Kier alpha value is -1.77. The van der Waals surface area contributed by atoms with Crippen LogP contribution < -0.4 is 4.74 Å². The number of ether oxygens (including phenoxy) is 1. The molecule has 0 saturated heterocycles. The summed E-state index contributed by atoms with van der Waals surface area (Å²) in [5, 5.41) is 8.79. The zero-order chi connectivity index (χ0) is 13.3. The molecule has 0 aromatic heterocycles. The molecule has 0 saturated carbocycles. The first-order chi connectivity index (χ1) is 8.40. The summed E-state index contributed by atoms with van der Waals surface area (Å²) in [4.78, 5) is 10.7. The van der Waals surface area contributed by atoms with Gasteiger partial charge in [0.15, 0.2) is 0 Å². The Labute approximate surface area is 107 Å². The molecule has 3 heteroatoms. The molecule has 2 rings (SSSR count). The average Bonchev–Trinajstić information content (AvgIpc) is 2.27. The number of benzene rings is 1. The van der Waals surface area contributed by atoms with E-state index in [4.69, 9.17) is 9.84 Å². The number of rotatable bonds is 2. The number of aliphatic carboxylic acids is 1. The van der Waals surface area contributed by atoms with E-state index in [0.717, 1.165) is 35.5 Å². The third-order valence-electron chi connectivity index (χ3n) is 3.49. The van der Waals surface area contributed by atoms with Crippen molar-refractivity contribution in [1.82, 2.24) is 0 Å². The molecular weight excluding hydrogens is 228 g/mol. The van der Waals surface area contributed by atoms with Crippen LogP contribution in [0.1, 0.15) is 38.3 Å². The predicted octanol–water partition coefficient (Wildman–Crippen LogP) is 3.23. The summed E-state index contributed by atoms with van der Waals surface area (Å²) >= 11 is 0. The lowest BCUT2D eigenvalue weighted by Crippen LogP contribution is -2.26. The number of carboxylic acids is 1. The average molecular weight is 246 g/mol. The first-order valence-corrected chi connectivity index (χ1v) is 6.09. The third-order valence-corrected chi connectivity index (χ3v) is 3.49. The highest BCUT2D eigenvalue weighted by Gasteiger charge is 2.28. The van der Waals surface area contributed by atoms with Crippen LogP contribution in [0.3, 0.4) is 0 Å². The van der Waals surface area contributed by atoms with E-state index in [9.17, 15) is 4.79 Å². The largest absolute Gasteiger partial charge is 0.493 e. The van der Waals surface area contributed by atoms with Gasteiger partial charge in [-0.15, -0.1) is 0 Å². The van der Waals surface area contributed by atoms with Crippen molar-refractivity contribution < 1.29 is 14.6 Å². The van der Waals surface area contributed by atoms with Gasteiger partial charge < -0.3 is 9.84 Å². The molecular formula is C15H18O3. The summed E-state index contributed by atoms with van der Waals surface area (Å²) < 4.78 is 5.64. The molecule has 0 atom stereocenters. The number of hydrogen-bond acceptors (Lipinski definition) is 2. The molecule has 96 valence electrons. The maximum absolute atomic E-state index is 10.7. The van der Waals surface area contributed by atoms with Crippen LogP contribution >= 0.6 is 0 Å². The van der Waals surface area contributed by atoms with Crippen LogP contribution in [0.25, 0.3) is 5.57 Å². The molecule has 1 aromatic rings. The fourth-order valence-corrected chi connectivity index (χ4v) is 2.25. The van der Waals surface area contributed by atoms with Crippen molar-refractivity contribution in [1.29, 1.82) is 0 Å². The normalized spacial score (nSPS) is 17.8. The smallest absolute Gasteiger partial charge is 0.328 e. The van der Waals surface area contributed by atoms with Crippen molar-refractivity contribution in [2.75, 3.05) is 6.61 Å². The predicted molar refractivity (Wildman–Crippen MR) is 70.9 cm³/mol. The number of allylic oxidation sites excluding steroid dienone is 1. The second-order valence-electron chi connectivity index (χ2n) is 5.36. The second-order valence-corrected chi connectivity index (χ2v) is 5.36. The van der Waals surface area contributed by atoms with Crippen LogP contribution in [0.4, 0.5) is 0 Å². The van der Waals surface area contributed by atoms with Crippen LogP contribution in [-0.4, -0.2) is 17.7 Å². The van der Waals surface area contributed by atoms with E-state index in [1.165, 1.54) is 6.08 Å². The summed E-state index contributed by atoms with van der Waals surface area (Å²) in [5.41, 5.74) is 2.93. The Morgan fingerprint density at radius 2 is 2.17 bits per heavy atom. The van der Waals surface area contributed by atoms with E-state index < -0.39 is 5.97 Å². The lowest BCUT2D eigenvalue weighted by Gasteiger charge is -2.32. The minimum Gasteiger partial charge on any atom is -0.493 e. The fraction of sp³-hybridized carbons (Fsp3) is 0.400. The topological polar surface area (TPSA) is 46.5 Å². The number of hydrogen-bond donors (Lipinski definition) is 1. The van der Waals surface area contributed by atoms with Gasteiger partial charge in [-0.2, -0.15) is 0 Å². The molecule has 0 aliphatic carbocycles. The Balaban J connectivity index is 2.46. The summed E-state index contributed by atoms with van der Waals surface area (Å²) in [6.45, 7) is 6.93. The molecule has 0 spiro atoms. The van der Waals surface area contributed by atoms with Crippen molar-refractivity contribution in [3.05, 3.63) is 35.4 Å². The van der Waals surface area contributed by atoms with Crippen molar-refractivity contribution in [3.8, 4) is 5.75 Å². The van der Waals surface area contributed by atoms with Gasteiger partial charge in [0.05, 0.1) is 6.61 Å². The molecule has 0 fully saturated rings. The van der Waals surface area contributed by atoms with Gasteiger partial charge in [-0.05, 0) is 42.0 Å². The highest BCUT2D eigenvalue weighted by atomic mass is 16.5. The van der Waals surface area contributed by atoms with Gasteiger partial charge in [-0.3, -0.25) is 0 Å². The summed E-state index contributed by atoms with van der Waals surface area (Å²) in [6, 6.07) is 5.89. The Morgan fingerprint density at radius 3 is 2.83 bits per heavy atom. The van der Waals surface area contributed by atoms with Gasteiger partial charge in [0.2, 0.25) is 0 Å². The van der Waals surface area contributed by atoms with E-state index in [-0.39, 0.29) is 5.41 Å². The first kappa shape index (κ1) is 12.7. The summed E-state index contributed by atoms with van der Waals surface area (Å²) in [6.07, 6.45) is 2.21. The third kappa shape index (κ3) is 2.40. The SMILES string of the molecule is CC(=CC(=O)O)c1ccc2c(c1)C(C)(C)CCO2. The molecule has 1 heterocycles. The van der Waals surface area contributed by atoms with Crippen LogP contribution in [0, 0.1) is 0 Å². The van der Waals surface area contributed by atoms with Crippen LogP contribution in [0.5, 0.6) is 5.75 Å². The zero-order valence-corrected chi connectivity index (χ0v) is 11.0. The maximum Gasteiger partial charge on any atom is 0.328 e. The van der Waals surface area contributed by atoms with E-state index in [2.05, 4.69) is 13.8 Å². The van der Waals surface area contributed by atoms with Gasteiger partial charge in [-0.1, -0.05) is 19.9 Å². The molecule has 1 aliphatic heterocycles.